The van der Waals surface area contributed by atoms with Crippen molar-refractivity contribution in [1.29, 1.82) is 0 Å². The van der Waals surface area contributed by atoms with E-state index in [4.69, 9.17) is 4.55 Å². The first-order chi connectivity index (χ1) is 4.02. The van der Waals surface area contributed by atoms with Crippen molar-refractivity contribution in [2.24, 2.45) is 0 Å². The second kappa shape index (κ2) is 1.93. The molecule has 1 rings (SSSR count). The van der Waals surface area contributed by atoms with E-state index >= 15 is 0 Å². The molecule has 9 heavy (non-hydrogen) atoms. The maximum atomic E-state index is 10.3. The average molecular weight is 151 g/mol. The molecule has 0 aromatic heterocycles. The van der Waals surface area contributed by atoms with Gasteiger partial charge in [-0.3, -0.25) is 4.55 Å². The van der Waals surface area contributed by atoms with Crippen molar-refractivity contribution < 1.29 is 13.0 Å². The Bertz CT molecular complexity index is 194. The minimum absolute atomic E-state index is 0.0556. The third-order valence-corrected chi connectivity index (χ3v) is 2.45. The fourth-order valence-electron chi connectivity index (χ4n) is 0.627. The summed E-state index contributed by atoms with van der Waals surface area (Å²) in [6.45, 7) is 0. The summed E-state index contributed by atoms with van der Waals surface area (Å²) in [6.07, 6.45) is 1.74. The van der Waals surface area contributed by atoms with Crippen LogP contribution >= 0.6 is 0 Å². The summed E-state index contributed by atoms with van der Waals surface area (Å²) in [5, 5.41) is 0. The summed E-state index contributed by atoms with van der Waals surface area (Å²) in [7, 11) is -2.52. The summed E-state index contributed by atoms with van der Waals surface area (Å²) in [5.74, 6) is 0. The second-order valence-corrected chi connectivity index (χ2v) is 3.70. The van der Waals surface area contributed by atoms with Crippen LogP contribution in [0.25, 0.3) is 0 Å². The highest BCUT2D eigenvalue weighted by molar-refractivity contribution is 7.83. The van der Waals surface area contributed by atoms with Crippen LogP contribution in [0.15, 0.2) is 0 Å². The van der Waals surface area contributed by atoms with Gasteiger partial charge in [0.15, 0.2) is 0 Å². The lowest BCUT2D eigenvalue weighted by atomic mass is 10.7. The minimum atomic E-state index is -3.91. The van der Waals surface area contributed by atoms with Gasteiger partial charge in [0.2, 0.25) is 0 Å². The first kappa shape index (κ1) is 6.98. The molecule has 1 fully saturated rings. The first-order valence-electron chi connectivity index (χ1n) is 2.72. The van der Waals surface area contributed by atoms with Gasteiger partial charge in [-0.15, -0.1) is 0 Å². The third kappa shape index (κ3) is 1.64. The van der Waals surface area contributed by atoms with Gasteiger partial charge in [-0.2, -0.15) is 12.7 Å². The lowest BCUT2D eigenvalue weighted by Gasteiger charge is -2.09. The van der Waals surface area contributed by atoms with Crippen molar-refractivity contribution in [2.45, 2.75) is 18.9 Å². The van der Waals surface area contributed by atoms with E-state index in [9.17, 15) is 8.42 Å². The fourth-order valence-corrected chi connectivity index (χ4v) is 1.21. The predicted molar refractivity (Wildman–Crippen MR) is 32.3 cm³/mol. The van der Waals surface area contributed by atoms with E-state index in [0.717, 1.165) is 17.1 Å². The van der Waals surface area contributed by atoms with E-state index < -0.39 is 10.3 Å². The number of rotatable bonds is 2. The third-order valence-electron chi connectivity index (χ3n) is 1.43. The van der Waals surface area contributed by atoms with Crippen molar-refractivity contribution in [1.82, 2.24) is 4.31 Å². The van der Waals surface area contributed by atoms with Gasteiger partial charge in [0, 0.05) is 13.1 Å². The Morgan fingerprint density at radius 2 is 2.00 bits per heavy atom. The molecular weight excluding hydrogens is 142 g/mol. The maximum Gasteiger partial charge on any atom is 0.335 e. The van der Waals surface area contributed by atoms with Crippen molar-refractivity contribution >= 4 is 10.3 Å². The number of nitrogens with zero attached hydrogens (tertiary/aromatic N) is 1. The normalized spacial score (nSPS) is 20.8. The topological polar surface area (TPSA) is 57.6 Å². The molecule has 5 heteroatoms. The Balaban J connectivity index is 2.61. The SMILES string of the molecule is CN(C1CC1)S(=O)(=O)O. The highest BCUT2D eigenvalue weighted by Gasteiger charge is 2.32. The van der Waals surface area contributed by atoms with E-state index in [0.29, 0.717) is 0 Å². The summed E-state index contributed by atoms with van der Waals surface area (Å²) < 4.78 is 30.0. The van der Waals surface area contributed by atoms with Crippen LogP contribution in [-0.4, -0.2) is 30.4 Å². The quantitative estimate of drug-likeness (QED) is 0.560. The van der Waals surface area contributed by atoms with Gasteiger partial charge < -0.3 is 0 Å². The van der Waals surface area contributed by atoms with E-state index in [-0.39, 0.29) is 6.04 Å². The Labute approximate surface area is 54.4 Å². The smallest absolute Gasteiger partial charge is 0.273 e. The molecule has 1 N–H and O–H groups in total. The van der Waals surface area contributed by atoms with Crippen molar-refractivity contribution in [3.05, 3.63) is 0 Å². The molecule has 0 unspecified atom stereocenters. The summed E-state index contributed by atoms with van der Waals surface area (Å²) >= 11 is 0. The van der Waals surface area contributed by atoms with Gasteiger partial charge in [-0.25, -0.2) is 0 Å². The second-order valence-electron chi connectivity index (χ2n) is 2.23. The van der Waals surface area contributed by atoms with Crippen molar-refractivity contribution in [3.8, 4) is 0 Å². The van der Waals surface area contributed by atoms with Crippen LogP contribution in [0.1, 0.15) is 12.8 Å². The molecule has 0 saturated heterocycles. The summed E-state index contributed by atoms with van der Waals surface area (Å²) in [6, 6.07) is 0.0556. The standard InChI is InChI=1S/C4H9NO3S/c1-5(4-2-3-4)9(6,7)8/h4H,2-3H2,1H3,(H,6,7,8). The molecular formula is C4H9NO3S. The molecule has 0 aromatic carbocycles. The molecule has 0 amide bonds. The van der Waals surface area contributed by atoms with Gasteiger partial charge in [0.1, 0.15) is 0 Å². The highest BCUT2D eigenvalue weighted by Crippen LogP contribution is 2.26. The summed E-state index contributed by atoms with van der Waals surface area (Å²) in [4.78, 5) is 0. The lowest BCUT2D eigenvalue weighted by Crippen LogP contribution is -2.27. The van der Waals surface area contributed by atoms with Crippen LogP contribution in [0, 0.1) is 0 Å². The predicted octanol–water partition coefficient (Wildman–Crippen LogP) is -0.117. The molecule has 0 spiro atoms. The Morgan fingerprint density at radius 3 is 2.11 bits per heavy atom. The molecule has 1 saturated carbocycles. The van der Waals surface area contributed by atoms with Crippen LogP contribution in [-0.2, 0) is 10.3 Å². The maximum absolute atomic E-state index is 10.3. The first-order valence-corrected chi connectivity index (χ1v) is 4.12. The molecule has 54 valence electrons. The zero-order valence-electron chi connectivity index (χ0n) is 5.11. The van der Waals surface area contributed by atoms with Gasteiger partial charge >= 0.3 is 10.3 Å². The Morgan fingerprint density at radius 1 is 1.56 bits per heavy atom. The number of hydrogen-bond donors (Lipinski definition) is 1. The molecule has 0 heterocycles. The van der Waals surface area contributed by atoms with E-state index in [1.54, 1.807) is 0 Å². The highest BCUT2D eigenvalue weighted by atomic mass is 32.2. The molecule has 0 bridgehead atoms. The lowest BCUT2D eigenvalue weighted by molar-refractivity contribution is 0.382. The van der Waals surface area contributed by atoms with Gasteiger partial charge in [0.05, 0.1) is 0 Å². The minimum Gasteiger partial charge on any atom is -0.273 e. The van der Waals surface area contributed by atoms with Crippen LogP contribution in [0.4, 0.5) is 0 Å². The van der Waals surface area contributed by atoms with Gasteiger partial charge in [-0.05, 0) is 12.8 Å². The van der Waals surface area contributed by atoms with Crippen LogP contribution in [0.3, 0.4) is 0 Å². The molecule has 0 atom stereocenters. The average Bonchev–Trinajstić information content (AvgIpc) is 2.40. The molecule has 0 aliphatic heterocycles. The fraction of sp³-hybridized carbons (Fsp3) is 1.00. The largest absolute Gasteiger partial charge is 0.335 e. The van der Waals surface area contributed by atoms with E-state index in [1.807, 2.05) is 0 Å². The van der Waals surface area contributed by atoms with E-state index in [1.165, 1.54) is 7.05 Å². The van der Waals surface area contributed by atoms with Crippen LogP contribution in [0.5, 0.6) is 0 Å². The van der Waals surface area contributed by atoms with Gasteiger partial charge in [0.25, 0.3) is 0 Å². The molecule has 0 radical (unpaired) electrons. The monoisotopic (exact) mass is 151 g/mol. The number of hydrogen-bond acceptors (Lipinski definition) is 2. The Hall–Kier alpha value is -0.130. The molecule has 4 nitrogen and oxygen atoms in total. The van der Waals surface area contributed by atoms with Crippen molar-refractivity contribution in [2.75, 3.05) is 7.05 Å². The van der Waals surface area contributed by atoms with Gasteiger partial charge in [-0.1, -0.05) is 0 Å². The van der Waals surface area contributed by atoms with Crippen LogP contribution in [0.2, 0.25) is 0 Å². The van der Waals surface area contributed by atoms with Crippen molar-refractivity contribution in [3.63, 3.8) is 0 Å². The molecule has 1 aliphatic rings. The Kier molecular flexibility index (Phi) is 1.50. The van der Waals surface area contributed by atoms with Crippen LogP contribution < -0.4 is 0 Å². The van der Waals surface area contributed by atoms with E-state index in [2.05, 4.69) is 0 Å². The molecule has 1 aliphatic carbocycles. The molecule has 0 aromatic rings. The zero-order chi connectivity index (χ0) is 7.07. The summed E-state index contributed by atoms with van der Waals surface area (Å²) in [5.41, 5.74) is 0. The zero-order valence-corrected chi connectivity index (χ0v) is 5.93.